The summed E-state index contributed by atoms with van der Waals surface area (Å²) in [5, 5.41) is 14.6. The van der Waals surface area contributed by atoms with Gasteiger partial charge in [0.05, 0.1) is 0 Å². The van der Waals surface area contributed by atoms with Crippen LogP contribution in [0.1, 0.15) is 11.1 Å². The van der Waals surface area contributed by atoms with Crippen LogP contribution in [0.2, 0.25) is 5.02 Å². The smallest absolute Gasteiger partial charge is 0.235 e. The summed E-state index contributed by atoms with van der Waals surface area (Å²) < 4.78 is 13.5. The lowest BCUT2D eigenvalue weighted by molar-refractivity contribution is 0.0904. The third kappa shape index (κ3) is 2.52. The van der Waals surface area contributed by atoms with Gasteiger partial charge in [0.15, 0.2) is 28.4 Å². The highest BCUT2D eigenvalue weighted by Crippen LogP contribution is 2.37. The van der Waals surface area contributed by atoms with Gasteiger partial charge in [-0.2, -0.15) is 9.61 Å². The number of aromatic nitrogens is 4. The molecule has 124 valence electrons. The summed E-state index contributed by atoms with van der Waals surface area (Å²) in [6.45, 7) is 0.414. The largest absolute Gasteiger partial charge is 0.485 e. The van der Waals surface area contributed by atoms with Gasteiger partial charge in [-0.3, -0.25) is 0 Å². The van der Waals surface area contributed by atoms with Crippen molar-refractivity contribution >= 4 is 27.9 Å². The number of hydrogen-bond acceptors (Lipinski definition) is 6. The maximum atomic E-state index is 6.02. The summed E-state index contributed by atoms with van der Waals surface area (Å²) in [4.78, 5) is 0.711. The van der Waals surface area contributed by atoms with E-state index < -0.39 is 0 Å². The minimum absolute atomic E-state index is 0.264. The molecule has 3 heterocycles. The highest BCUT2D eigenvalue weighted by Gasteiger charge is 2.27. The van der Waals surface area contributed by atoms with Gasteiger partial charge in [0, 0.05) is 10.6 Å². The molecular formula is C17H11ClN4O2S. The zero-order chi connectivity index (χ0) is 16.8. The summed E-state index contributed by atoms with van der Waals surface area (Å²) in [7, 11) is 0. The molecule has 1 atom stereocenters. The number of nitrogens with zero attached hydrogens (tertiary/aromatic N) is 4. The van der Waals surface area contributed by atoms with Crippen LogP contribution in [-0.2, 0) is 0 Å². The SMILES string of the molecule is Clc1ccc(-c2nnc3sc([C@H]4COc5ccccc5O4)nn23)cc1. The molecule has 0 spiro atoms. The number of benzene rings is 2. The molecule has 2 aromatic heterocycles. The number of fused-ring (bicyclic) bond motifs is 2. The first-order valence-electron chi connectivity index (χ1n) is 7.64. The van der Waals surface area contributed by atoms with Crippen molar-refractivity contribution in [2.75, 3.05) is 6.61 Å². The molecule has 6 nitrogen and oxygen atoms in total. The van der Waals surface area contributed by atoms with Gasteiger partial charge >= 0.3 is 0 Å². The fraction of sp³-hybridized carbons (Fsp3) is 0.118. The predicted molar refractivity (Wildman–Crippen MR) is 94.4 cm³/mol. The number of hydrogen-bond donors (Lipinski definition) is 0. The molecule has 0 radical (unpaired) electrons. The minimum atomic E-state index is -0.264. The average molecular weight is 371 g/mol. The van der Waals surface area contributed by atoms with Crippen molar-refractivity contribution in [1.29, 1.82) is 0 Å². The van der Waals surface area contributed by atoms with Gasteiger partial charge in [-0.05, 0) is 36.4 Å². The van der Waals surface area contributed by atoms with E-state index in [1.807, 2.05) is 48.5 Å². The Morgan fingerprint density at radius 2 is 1.84 bits per heavy atom. The summed E-state index contributed by atoms with van der Waals surface area (Å²) in [6, 6.07) is 15.1. The first-order chi connectivity index (χ1) is 12.3. The van der Waals surface area contributed by atoms with Gasteiger partial charge in [0.25, 0.3) is 0 Å². The van der Waals surface area contributed by atoms with E-state index in [2.05, 4.69) is 15.3 Å². The van der Waals surface area contributed by atoms with Gasteiger partial charge < -0.3 is 9.47 Å². The van der Waals surface area contributed by atoms with Gasteiger partial charge in [-0.1, -0.05) is 35.1 Å². The van der Waals surface area contributed by atoms with Crippen LogP contribution in [0.15, 0.2) is 48.5 Å². The first-order valence-corrected chi connectivity index (χ1v) is 8.84. The molecule has 0 aliphatic carbocycles. The van der Waals surface area contributed by atoms with Gasteiger partial charge in [0.2, 0.25) is 4.96 Å². The lowest BCUT2D eigenvalue weighted by atomic mass is 10.2. The van der Waals surface area contributed by atoms with Crippen molar-refractivity contribution in [3.05, 3.63) is 58.6 Å². The summed E-state index contributed by atoms with van der Waals surface area (Å²) in [5.74, 6) is 2.15. The fourth-order valence-electron chi connectivity index (χ4n) is 2.68. The monoisotopic (exact) mass is 370 g/mol. The Labute approximate surface area is 151 Å². The van der Waals surface area contributed by atoms with Crippen molar-refractivity contribution in [3.63, 3.8) is 0 Å². The molecule has 0 amide bonds. The van der Waals surface area contributed by atoms with E-state index in [-0.39, 0.29) is 6.10 Å². The second kappa shape index (κ2) is 5.72. The van der Waals surface area contributed by atoms with Crippen LogP contribution in [0.5, 0.6) is 11.5 Å². The molecule has 0 unspecified atom stereocenters. The molecule has 25 heavy (non-hydrogen) atoms. The summed E-state index contributed by atoms with van der Waals surface area (Å²) >= 11 is 7.40. The van der Waals surface area contributed by atoms with Crippen LogP contribution >= 0.6 is 22.9 Å². The Morgan fingerprint density at radius 3 is 2.68 bits per heavy atom. The first kappa shape index (κ1) is 14.7. The maximum absolute atomic E-state index is 6.02. The Hall–Kier alpha value is -2.64. The van der Waals surface area contributed by atoms with Crippen LogP contribution in [0, 0.1) is 0 Å². The van der Waals surface area contributed by atoms with E-state index in [1.165, 1.54) is 11.3 Å². The highest BCUT2D eigenvalue weighted by molar-refractivity contribution is 7.16. The van der Waals surface area contributed by atoms with Gasteiger partial charge in [-0.25, -0.2) is 0 Å². The lowest BCUT2D eigenvalue weighted by Gasteiger charge is -2.24. The molecule has 1 aliphatic rings. The topological polar surface area (TPSA) is 61.5 Å². The normalized spacial score (nSPS) is 16.3. The van der Waals surface area contributed by atoms with Gasteiger partial charge in [0.1, 0.15) is 6.61 Å². The third-order valence-electron chi connectivity index (χ3n) is 3.89. The second-order valence-electron chi connectivity index (χ2n) is 5.53. The van der Waals surface area contributed by atoms with E-state index in [0.29, 0.717) is 22.4 Å². The predicted octanol–water partition coefficient (Wildman–Crippen LogP) is 4.02. The quantitative estimate of drug-likeness (QED) is 0.533. The second-order valence-corrected chi connectivity index (χ2v) is 6.95. The Bertz CT molecular complexity index is 1060. The molecule has 0 N–H and O–H groups in total. The van der Waals surface area contributed by atoms with Gasteiger partial charge in [-0.15, -0.1) is 10.2 Å². The summed E-state index contributed by atoms with van der Waals surface area (Å²) in [6.07, 6.45) is -0.264. The number of rotatable bonds is 2. The van der Waals surface area contributed by atoms with E-state index in [1.54, 1.807) is 4.52 Å². The zero-order valence-electron chi connectivity index (χ0n) is 12.8. The molecule has 0 fully saturated rings. The number of halogens is 1. The minimum Gasteiger partial charge on any atom is -0.485 e. The van der Waals surface area contributed by atoms with Crippen molar-refractivity contribution in [1.82, 2.24) is 19.8 Å². The van der Waals surface area contributed by atoms with Crippen LogP contribution < -0.4 is 9.47 Å². The zero-order valence-corrected chi connectivity index (χ0v) is 14.4. The Morgan fingerprint density at radius 1 is 1.04 bits per heavy atom. The van der Waals surface area contributed by atoms with Crippen molar-refractivity contribution in [2.45, 2.75) is 6.10 Å². The van der Waals surface area contributed by atoms with Crippen LogP contribution in [-0.4, -0.2) is 26.4 Å². The fourth-order valence-corrected chi connectivity index (χ4v) is 3.66. The Kier molecular flexibility index (Phi) is 3.36. The molecule has 2 aromatic carbocycles. The standard InChI is InChI=1S/C17H11ClN4O2S/c18-11-7-5-10(6-8-11)15-19-20-17-22(15)21-16(25-17)14-9-23-12-3-1-2-4-13(12)24-14/h1-8,14H,9H2/t14-/m1/s1. The molecule has 0 bridgehead atoms. The molecule has 1 aliphatic heterocycles. The summed E-state index contributed by atoms with van der Waals surface area (Å²) in [5.41, 5.74) is 0.903. The Balaban J connectivity index is 1.51. The molecule has 5 rings (SSSR count). The molecule has 0 saturated carbocycles. The van der Waals surface area contributed by atoms with Crippen LogP contribution in [0.3, 0.4) is 0 Å². The van der Waals surface area contributed by atoms with Crippen molar-refractivity contribution < 1.29 is 9.47 Å². The number of para-hydroxylation sites is 2. The lowest BCUT2D eigenvalue weighted by Crippen LogP contribution is -2.21. The van der Waals surface area contributed by atoms with Crippen LogP contribution in [0.25, 0.3) is 16.3 Å². The van der Waals surface area contributed by atoms with Crippen molar-refractivity contribution in [2.24, 2.45) is 0 Å². The molecular weight excluding hydrogens is 360 g/mol. The van der Waals surface area contributed by atoms with E-state index in [4.69, 9.17) is 21.1 Å². The van der Waals surface area contributed by atoms with E-state index in [9.17, 15) is 0 Å². The molecule has 0 saturated heterocycles. The maximum Gasteiger partial charge on any atom is 0.235 e. The average Bonchev–Trinajstić information content (AvgIpc) is 3.23. The third-order valence-corrected chi connectivity index (χ3v) is 5.14. The molecule has 8 heteroatoms. The van der Waals surface area contributed by atoms with E-state index in [0.717, 1.165) is 22.1 Å². The number of ether oxygens (including phenoxy) is 2. The van der Waals surface area contributed by atoms with Crippen LogP contribution in [0.4, 0.5) is 0 Å². The molecule has 4 aromatic rings. The highest BCUT2D eigenvalue weighted by atomic mass is 35.5. The van der Waals surface area contributed by atoms with Crippen molar-refractivity contribution in [3.8, 4) is 22.9 Å². The van der Waals surface area contributed by atoms with E-state index >= 15 is 0 Å².